The van der Waals surface area contributed by atoms with Crippen LogP contribution in [-0.2, 0) is 26.7 Å². The molecule has 2 N–H and O–H groups in total. The van der Waals surface area contributed by atoms with Crippen LogP contribution in [0.4, 0.5) is 0 Å². The molecule has 2 aromatic rings. The maximum atomic E-state index is 11.9. The number of hydrogen-bond donors (Lipinski definition) is 2. The molecule has 2 aromatic carbocycles. The molecule has 0 atom stereocenters. The molecule has 0 fully saturated rings. The molecule has 0 aliphatic carbocycles. The molecule has 0 bridgehead atoms. The molecule has 0 saturated carbocycles. The van der Waals surface area contributed by atoms with Gasteiger partial charge in [0, 0.05) is 6.07 Å². The second-order valence-electron chi connectivity index (χ2n) is 8.20. The predicted molar refractivity (Wildman–Crippen MR) is 128 cm³/mol. The van der Waals surface area contributed by atoms with E-state index in [-0.39, 0.29) is 21.3 Å². The Bertz CT molecular complexity index is 1090. The minimum absolute atomic E-state index is 0.0329. The van der Waals surface area contributed by atoms with Gasteiger partial charge in [-0.15, -0.1) is 0 Å². The van der Waals surface area contributed by atoms with Gasteiger partial charge in [-0.25, -0.2) is 0 Å². The summed E-state index contributed by atoms with van der Waals surface area (Å²) in [7, 11) is -9.01. The molecule has 9 heteroatoms. The van der Waals surface area contributed by atoms with Crippen LogP contribution in [0.25, 0.3) is 0 Å². The normalized spacial score (nSPS) is 12.1. The van der Waals surface area contributed by atoms with Crippen LogP contribution in [0.15, 0.2) is 52.3 Å². The number of rotatable bonds is 15. The van der Waals surface area contributed by atoms with E-state index in [1.165, 1.54) is 75.3 Å². The van der Waals surface area contributed by atoms with E-state index in [0.717, 1.165) is 25.3 Å². The van der Waals surface area contributed by atoms with Crippen molar-refractivity contribution in [2.75, 3.05) is 0 Å². The molecule has 0 aliphatic heterocycles. The zero-order valence-electron chi connectivity index (χ0n) is 19.1. The molecule has 0 radical (unpaired) electrons. The maximum Gasteiger partial charge on any atom is 0.298 e. The lowest BCUT2D eigenvalue weighted by atomic mass is 10.0. The summed E-state index contributed by atoms with van der Waals surface area (Å²) in [5, 5.41) is 0. The third kappa shape index (κ3) is 9.44. The molecule has 0 unspecified atom stereocenters. The second kappa shape index (κ2) is 13.1. The molecule has 0 spiro atoms. The van der Waals surface area contributed by atoms with Gasteiger partial charge in [-0.1, -0.05) is 82.9 Å². The van der Waals surface area contributed by atoms with Crippen LogP contribution in [-0.4, -0.2) is 25.9 Å². The van der Waals surface area contributed by atoms with Gasteiger partial charge in [-0.2, -0.15) is 16.8 Å². The number of benzene rings is 2. The fourth-order valence-corrected chi connectivity index (χ4v) is 4.87. The summed E-state index contributed by atoms with van der Waals surface area (Å²) >= 11 is 0. The smallest absolute Gasteiger partial charge is 0.298 e. The summed E-state index contributed by atoms with van der Waals surface area (Å²) in [5.41, 5.74) is 0.599. The Hall–Kier alpha value is -1.94. The Morgan fingerprint density at radius 3 is 1.88 bits per heavy atom. The first-order chi connectivity index (χ1) is 15.6. The van der Waals surface area contributed by atoms with Crippen LogP contribution in [0.3, 0.4) is 0 Å². The molecule has 184 valence electrons. The van der Waals surface area contributed by atoms with Crippen LogP contribution in [0, 0.1) is 0 Å². The van der Waals surface area contributed by atoms with Gasteiger partial charge in [0.05, 0.1) is 4.90 Å². The van der Waals surface area contributed by atoms with Gasteiger partial charge in [0.1, 0.15) is 10.6 Å². The summed E-state index contributed by atoms with van der Waals surface area (Å²) in [5.74, 6) is -0.00559. The molecular weight excluding hydrogens is 464 g/mol. The standard InChI is InChI=1S/C24H34O7S2/c1-2-3-4-5-6-7-8-9-10-11-14-20-15-12-18-23(33(28,29)30)24(20)31-21-16-13-17-22(19-21)32(25,26)27/h12-13,15-19H,2-11,14H2,1H3,(H,25,26,27)(H,28,29,30). The van der Waals surface area contributed by atoms with Gasteiger partial charge in [0.15, 0.2) is 5.75 Å². The predicted octanol–water partition coefficient (Wildman–Crippen LogP) is 6.44. The fourth-order valence-electron chi connectivity index (χ4n) is 3.70. The van der Waals surface area contributed by atoms with E-state index in [1.807, 2.05) is 0 Å². The Kier molecular flexibility index (Phi) is 10.8. The minimum atomic E-state index is -4.56. The molecule has 2 rings (SSSR count). The third-order valence-electron chi connectivity index (χ3n) is 5.46. The van der Waals surface area contributed by atoms with E-state index >= 15 is 0 Å². The topological polar surface area (TPSA) is 118 Å². The first kappa shape index (κ1) is 27.3. The van der Waals surface area contributed by atoms with Crippen LogP contribution in [0.1, 0.15) is 76.7 Å². The Balaban J connectivity index is 2.05. The first-order valence-corrected chi connectivity index (χ1v) is 14.4. The molecule has 0 saturated heterocycles. The van der Waals surface area contributed by atoms with E-state index < -0.39 is 20.2 Å². The highest BCUT2D eigenvalue weighted by Crippen LogP contribution is 2.34. The van der Waals surface area contributed by atoms with Crippen molar-refractivity contribution in [3.05, 3.63) is 48.0 Å². The average Bonchev–Trinajstić information content (AvgIpc) is 2.75. The molecule has 33 heavy (non-hydrogen) atoms. The van der Waals surface area contributed by atoms with Crippen molar-refractivity contribution in [1.82, 2.24) is 0 Å². The molecule has 0 aromatic heterocycles. The summed E-state index contributed by atoms with van der Waals surface area (Å²) in [6, 6.07) is 9.61. The van der Waals surface area contributed by atoms with Gasteiger partial charge in [-0.3, -0.25) is 9.11 Å². The summed E-state index contributed by atoms with van der Waals surface area (Å²) < 4.78 is 71.3. The Labute approximate surface area is 197 Å². The highest BCUT2D eigenvalue weighted by atomic mass is 32.2. The number of unbranched alkanes of at least 4 members (excludes halogenated alkanes) is 9. The summed E-state index contributed by atoms with van der Waals surface area (Å²) in [6.45, 7) is 2.21. The van der Waals surface area contributed by atoms with E-state index in [9.17, 15) is 25.9 Å². The van der Waals surface area contributed by atoms with Crippen molar-refractivity contribution in [1.29, 1.82) is 0 Å². The number of para-hydroxylation sites is 1. The van der Waals surface area contributed by atoms with Gasteiger partial charge in [0.2, 0.25) is 0 Å². The fraction of sp³-hybridized carbons (Fsp3) is 0.500. The van der Waals surface area contributed by atoms with Gasteiger partial charge < -0.3 is 4.74 Å². The summed E-state index contributed by atoms with van der Waals surface area (Å²) in [4.78, 5) is -0.759. The zero-order chi connectivity index (χ0) is 24.3. The number of hydrogen-bond acceptors (Lipinski definition) is 5. The lowest BCUT2D eigenvalue weighted by Gasteiger charge is -2.15. The lowest BCUT2D eigenvalue weighted by molar-refractivity contribution is 0.441. The molecule has 7 nitrogen and oxygen atoms in total. The van der Waals surface area contributed by atoms with Crippen molar-refractivity contribution in [3.8, 4) is 11.5 Å². The minimum Gasteiger partial charge on any atom is -0.456 e. The van der Waals surface area contributed by atoms with Crippen LogP contribution < -0.4 is 4.74 Å². The van der Waals surface area contributed by atoms with E-state index in [2.05, 4.69) is 6.92 Å². The van der Waals surface area contributed by atoms with Crippen molar-refractivity contribution >= 4 is 20.2 Å². The zero-order valence-corrected chi connectivity index (χ0v) is 20.7. The maximum absolute atomic E-state index is 11.9. The largest absolute Gasteiger partial charge is 0.456 e. The Morgan fingerprint density at radius 2 is 1.30 bits per heavy atom. The second-order valence-corrected chi connectivity index (χ2v) is 11.0. The lowest BCUT2D eigenvalue weighted by Crippen LogP contribution is -2.04. The molecule has 0 aliphatic rings. The highest BCUT2D eigenvalue weighted by Gasteiger charge is 2.21. The van der Waals surface area contributed by atoms with Crippen LogP contribution in [0.2, 0.25) is 0 Å². The number of ether oxygens (including phenoxy) is 1. The van der Waals surface area contributed by atoms with Gasteiger partial charge >= 0.3 is 0 Å². The Morgan fingerprint density at radius 1 is 0.727 bits per heavy atom. The van der Waals surface area contributed by atoms with Gasteiger partial charge in [0.25, 0.3) is 20.2 Å². The third-order valence-corrected chi connectivity index (χ3v) is 7.19. The van der Waals surface area contributed by atoms with Crippen molar-refractivity contribution < 1.29 is 30.7 Å². The molecular formula is C24H34O7S2. The highest BCUT2D eigenvalue weighted by molar-refractivity contribution is 7.86. The molecule has 0 amide bonds. The first-order valence-electron chi connectivity index (χ1n) is 11.5. The van der Waals surface area contributed by atoms with E-state index in [4.69, 9.17) is 4.74 Å². The van der Waals surface area contributed by atoms with Crippen molar-refractivity contribution in [3.63, 3.8) is 0 Å². The van der Waals surface area contributed by atoms with Crippen molar-refractivity contribution in [2.45, 2.75) is 87.3 Å². The van der Waals surface area contributed by atoms with E-state index in [0.29, 0.717) is 12.0 Å². The van der Waals surface area contributed by atoms with E-state index in [1.54, 1.807) is 6.07 Å². The summed E-state index contributed by atoms with van der Waals surface area (Å²) in [6.07, 6.45) is 12.2. The van der Waals surface area contributed by atoms with Gasteiger partial charge in [-0.05, 0) is 36.6 Å². The number of aryl methyl sites for hydroxylation is 1. The monoisotopic (exact) mass is 498 g/mol. The quantitative estimate of drug-likeness (QED) is 0.214. The average molecular weight is 499 g/mol. The van der Waals surface area contributed by atoms with Crippen LogP contribution >= 0.6 is 0 Å². The van der Waals surface area contributed by atoms with Crippen LogP contribution in [0.5, 0.6) is 11.5 Å². The molecule has 0 heterocycles. The van der Waals surface area contributed by atoms with Crippen molar-refractivity contribution in [2.24, 2.45) is 0 Å². The SMILES string of the molecule is CCCCCCCCCCCCc1cccc(S(=O)(=O)O)c1Oc1cccc(S(=O)(=O)O)c1.